The lowest BCUT2D eigenvalue weighted by Crippen LogP contribution is -2.39. The van der Waals surface area contributed by atoms with Gasteiger partial charge in [0.1, 0.15) is 0 Å². The summed E-state index contributed by atoms with van der Waals surface area (Å²) in [6.45, 7) is 1.64. The molecule has 3 N–H and O–H groups in total. The van der Waals surface area contributed by atoms with Crippen molar-refractivity contribution >= 4 is 16.6 Å². The van der Waals surface area contributed by atoms with E-state index in [1.165, 1.54) is 32.1 Å². The molecule has 1 aromatic heterocycles. The molecule has 1 aromatic carbocycles. The van der Waals surface area contributed by atoms with E-state index in [1.54, 1.807) is 6.20 Å². The van der Waals surface area contributed by atoms with Crippen molar-refractivity contribution < 1.29 is 0 Å². The molecule has 0 spiro atoms. The van der Waals surface area contributed by atoms with Crippen LogP contribution in [-0.4, -0.2) is 23.3 Å². The van der Waals surface area contributed by atoms with Crippen molar-refractivity contribution in [2.24, 2.45) is 11.1 Å². The molecule has 0 saturated heterocycles. The zero-order chi connectivity index (χ0) is 13.8. The van der Waals surface area contributed by atoms with Gasteiger partial charge in [-0.05, 0) is 24.8 Å². The number of nitrogens with one attached hydrogen (secondary N) is 1. The van der Waals surface area contributed by atoms with Crippen LogP contribution in [-0.2, 0) is 0 Å². The summed E-state index contributed by atoms with van der Waals surface area (Å²) < 4.78 is 0. The summed E-state index contributed by atoms with van der Waals surface area (Å²) in [6, 6.07) is 8.21. The van der Waals surface area contributed by atoms with Gasteiger partial charge in [-0.25, -0.2) is 0 Å². The molecule has 0 bridgehead atoms. The van der Waals surface area contributed by atoms with Crippen molar-refractivity contribution in [3.63, 3.8) is 0 Å². The van der Waals surface area contributed by atoms with Gasteiger partial charge in [-0.1, -0.05) is 43.5 Å². The molecular formula is C16H22N4. The topological polar surface area (TPSA) is 63.8 Å². The van der Waals surface area contributed by atoms with Crippen LogP contribution in [0.5, 0.6) is 0 Å². The van der Waals surface area contributed by atoms with E-state index in [0.29, 0.717) is 0 Å². The highest BCUT2D eigenvalue weighted by molar-refractivity contribution is 5.90. The Labute approximate surface area is 119 Å². The first-order chi connectivity index (χ1) is 9.83. The van der Waals surface area contributed by atoms with E-state index in [-0.39, 0.29) is 5.41 Å². The number of benzene rings is 1. The van der Waals surface area contributed by atoms with Gasteiger partial charge in [0, 0.05) is 17.3 Å². The fourth-order valence-corrected chi connectivity index (χ4v) is 3.18. The number of anilines is 1. The van der Waals surface area contributed by atoms with E-state index in [4.69, 9.17) is 5.73 Å². The Morgan fingerprint density at radius 1 is 1.15 bits per heavy atom. The quantitative estimate of drug-likeness (QED) is 0.896. The van der Waals surface area contributed by atoms with E-state index < -0.39 is 0 Å². The number of nitrogens with two attached hydrogens (primary N) is 1. The SMILES string of the molecule is NCC1(CNc2nncc3ccccc23)CCCCC1. The maximum atomic E-state index is 6.04. The Bertz CT molecular complexity index is 570. The molecule has 0 unspecified atom stereocenters. The fourth-order valence-electron chi connectivity index (χ4n) is 3.18. The van der Waals surface area contributed by atoms with Gasteiger partial charge in [-0.2, -0.15) is 5.10 Å². The average molecular weight is 270 g/mol. The first kappa shape index (κ1) is 13.3. The zero-order valence-corrected chi connectivity index (χ0v) is 11.8. The van der Waals surface area contributed by atoms with Crippen molar-refractivity contribution in [2.75, 3.05) is 18.4 Å². The summed E-state index contributed by atoms with van der Waals surface area (Å²) in [6.07, 6.45) is 8.17. The third kappa shape index (κ3) is 2.61. The number of hydrogen-bond donors (Lipinski definition) is 2. The monoisotopic (exact) mass is 270 g/mol. The van der Waals surface area contributed by atoms with E-state index in [0.717, 1.165) is 29.7 Å². The normalized spacial score (nSPS) is 18.1. The van der Waals surface area contributed by atoms with Gasteiger partial charge in [-0.15, -0.1) is 5.10 Å². The maximum Gasteiger partial charge on any atom is 0.156 e. The maximum absolute atomic E-state index is 6.04. The molecule has 4 nitrogen and oxygen atoms in total. The van der Waals surface area contributed by atoms with Crippen LogP contribution >= 0.6 is 0 Å². The van der Waals surface area contributed by atoms with Crippen LogP contribution in [0.2, 0.25) is 0 Å². The lowest BCUT2D eigenvalue weighted by atomic mass is 9.74. The van der Waals surface area contributed by atoms with Gasteiger partial charge in [-0.3, -0.25) is 0 Å². The molecule has 0 atom stereocenters. The van der Waals surface area contributed by atoms with E-state index in [2.05, 4.69) is 27.6 Å². The molecule has 1 heterocycles. The minimum absolute atomic E-state index is 0.233. The van der Waals surface area contributed by atoms with Gasteiger partial charge in [0.2, 0.25) is 0 Å². The minimum Gasteiger partial charge on any atom is -0.367 e. The Balaban J connectivity index is 1.79. The van der Waals surface area contributed by atoms with Crippen molar-refractivity contribution in [1.29, 1.82) is 0 Å². The highest BCUT2D eigenvalue weighted by Crippen LogP contribution is 2.35. The van der Waals surface area contributed by atoms with Crippen LogP contribution in [0.15, 0.2) is 30.5 Å². The van der Waals surface area contributed by atoms with Crippen LogP contribution in [0.1, 0.15) is 32.1 Å². The standard InChI is InChI=1S/C16H22N4/c17-11-16(8-4-1-5-9-16)12-18-15-14-7-3-2-6-13(14)10-19-20-15/h2-3,6-7,10H,1,4-5,8-9,11-12,17H2,(H,18,20). The summed E-state index contributed by atoms with van der Waals surface area (Å²) in [5, 5.41) is 14.1. The van der Waals surface area contributed by atoms with E-state index in [1.807, 2.05) is 12.1 Å². The van der Waals surface area contributed by atoms with Gasteiger partial charge in [0.05, 0.1) is 6.20 Å². The highest BCUT2D eigenvalue weighted by atomic mass is 15.2. The Hall–Kier alpha value is -1.68. The van der Waals surface area contributed by atoms with Crippen LogP contribution in [0.3, 0.4) is 0 Å². The molecule has 106 valence electrons. The first-order valence-corrected chi connectivity index (χ1v) is 7.47. The van der Waals surface area contributed by atoms with Gasteiger partial charge in [0.25, 0.3) is 0 Å². The predicted molar refractivity (Wildman–Crippen MR) is 82.6 cm³/mol. The Morgan fingerprint density at radius 2 is 1.95 bits per heavy atom. The summed E-state index contributed by atoms with van der Waals surface area (Å²) in [5.41, 5.74) is 6.27. The third-order valence-electron chi connectivity index (χ3n) is 4.55. The molecule has 0 radical (unpaired) electrons. The molecule has 20 heavy (non-hydrogen) atoms. The molecule has 0 aliphatic heterocycles. The van der Waals surface area contributed by atoms with Crippen LogP contribution in [0.25, 0.3) is 10.8 Å². The summed E-state index contributed by atoms with van der Waals surface area (Å²) in [5.74, 6) is 0.876. The molecule has 1 saturated carbocycles. The minimum atomic E-state index is 0.233. The van der Waals surface area contributed by atoms with Gasteiger partial charge in [0.15, 0.2) is 5.82 Å². The lowest BCUT2D eigenvalue weighted by Gasteiger charge is -2.36. The van der Waals surface area contributed by atoms with Crippen molar-refractivity contribution in [1.82, 2.24) is 10.2 Å². The zero-order valence-electron chi connectivity index (χ0n) is 11.8. The van der Waals surface area contributed by atoms with Crippen LogP contribution in [0.4, 0.5) is 5.82 Å². The average Bonchev–Trinajstić information content (AvgIpc) is 2.54. The molecule has 4 heteroatoms. The van der Waals surface area contributed by atoms with E-state index in [9.17, 15) is 0 Å². The lowest BCUT2D eigenvalue weighted by molar-refractivity contribution is 0.215. The number of aromatic nitrogens is 2. The molecule has 1 aliphatic rings. The molecule has 1 fully saturated rings. The number of hydrogen-bond acceptors (Lipinski definition) is 4. The molecule has 2 aromatic rings. The Morgan fingerprint density at radius 3 is 2.75 bits per heavy atom. The number of rotatable bonds is 4. The predicted octanol–water partition coefficient (Wildman–Crippen LogP) is 2.95. The third-order valence-corrected chi connectivity index (χ3v) is 4.55. The molecule has 3 rings (SSSR count). The fraction of sp³-hybridized carbons (Fsp3) is 0.500. The Kier molecular flexibility index (Phi) is 3.83. The van der Waals surface area contributed by atoms with Crippen LogP contribution in [0, 0.1) is 5.41 Å². The van der Waals surface area contributed by atoms with Crippen molar-refractivity contribution in [3.8, 4) is 0 Å². The summed E-state index contributed by atoms with van der Waals surface area (Å²) in [4.78, 5) is 0. The van der Waals surface area contributed by atoms with Crippen molar-refractivity contribution in [2.45, 2.75) is 32.1 Å². The van der Waals surface area contributed by atoms with E-state index >= 15 is 0 Å². The second kappa shape index (κ2) is 5.75. The number of fused-ring (bicyclic) bond motifs is 1. The molecular weight excluding hydrogens is 248 g/mol. The second-order valence-corrected chi connectivity index (χ2v) is 5.90. The molecule has 1 aliphatic carbocycles. The highest BCUT2D eigenvalue weighted by Gasteiger charge is 2.30. The number of nitrogens with zero attached hydrogens (tertiary/aromatic N) is 2. The smallest absolute Gasteiger partial charge is 0.156 e. The van der Waals surface area contributed by atoms with Crippen molar-refractivity contribution in [3.05, 3.63) is 30.5 Å². The largest absolute Gasteiger partial charge is 0.367 e. The summed E-state index contributed by atoms with van der Waals surface area (Å²) in [7, 11) is 0. The summed E-state index contributed by atoms with van der Waals surface area (Å²) >= 11 is 0. The first-order valence-electron chi connectivity index (χ1n) is 7.47. The molecule has 0 amide bonds. The van der Waals surface area contributed by atoms with Gasteiger partial charge >= 0.3 is 0 Å². The second-order valence-electron chi connectivity index (χ2n) is 5.90. The van der Waals surface area contributed by atoms with Crippen LogP contribution < -0.4 is 11.1 Å². The van der Waals surface area contributed by atoms with Gasteiger partial charge < -0.3 is 11.1 Å².